The fraction of sp³-hybridized carbons (Fsp3) is 0.216. The zero-order chi connectivity index (χ0) is 49.5. The highest BCUT2D eigenvalue weighted by Crippen LogP contribution is 2.42. The van der Waals surface area contributed by atoms with Crippen LogP contribution < -0.4 is 43.9 Å². The van der Waals surface area contributed by atoms with E-state index in [1.54, 1.807) is 76.7 Å². The highest BCUT2D eigenvalue weighted by atomic mass is 127. The fourth-order valence-corrected chi connectivity index (χ4v) is 9.80. The number of β-lactam (4-membered cyclic amide) rings is 1. The molecule has 9 rings (SSSR count). The highest BCUT2D eigenvalue weighted by molar-refractivity contribution is 8.00. The van der Waals surface area contributed by atoms with Crippen LogP contribution in [0.1, 0.15) is 48.8 Å². The first-order chi connectivity index (χ1) is 34.4. The zero-order valence-electron chi connectivity index (χ0n) is 39.1. The summed E-state index contributed by atoms with van der Waals surface area (Å²) in [5.74, 6) is -1.04. The van der Waals surface area contributed by atoms with E-state index in [9.17, 15) is 19.2 Å². The molecule has 4 aromatic carbocycles. The van der Waals surface area contributed by atoms with Crippen molar-refractivity contribution >= 4 is 58.0 Å². The van der Waals surface area contributed by atoms with Gasteiger partial charge in [0, 0.05) is 51.7 Å². The van der Waals surface area contributed by atoms with Crippen molar-refractivity contribution in [3.05, 3.63) is 185 Å². The summed E-state index contributed by atoms with van der Waals surface area (Å²) in [5, 5.41) is 13.0. The van der Waals surface area contributed by atoms with Gasteiger partial charge >= 0.3 is 12.1 Å². The number of carbonyl (C=O) groups excluding carboxylic acids is 4. The topological polar surface area (TPSA) is 213 Å². The molecule has 18 nitrogen and oxygen atoms in total. The number of hydrogen-bond donors (Lipinski definition) is 2. The minimum absolute atomic E-state index is 0. The van der Waals surface area contributed by atoms with Crippen LogP contribution in [0.3, 0.4) is 0 Å². The van der Waals surface area contributed by atoms with Crippen LogP contribution in [0.5, 0.6) is 5.75 Å². The number of methoxy groups -OCH3 is 1. The van der Waals surface area contributed by atoms with Crippen molar-refractivity contribution in [2.45, 2.75) is 56.5 Å². The minimum atomic E-state index is -1.42. The molecule has 1 fully saturated rings. The van der Waals surface area contributed by atoms with Crippen molar-refractivity contribution in [2.75, 3.05) is 18.2 Å². The quantitative estimate of drug-likeness (QED) is 0.0266. The number of halogens is 1. The second-order valence-corrected chi connectivity index (χ2v) is 19.0. The Morgan fingerprint density at radius 1 is 0.875 bits per heavy atom. The summed E-state index contributed by atoms with van der Waals surface area (Å²) < 4.78 is 28.0. The van der Waals surface area contributed by atoms with Crippen LogP contribution >= 0.6 is 23.3 Å². The van der Waals surface area contributed by atoms with E-state index in [0.717, 1.165) is 11.5 Å². The number of thioether (sulfide) groups is 1. The van der Waals surface area contributed by atoms with Gasteiger partial charge in [-0.25, -0.2) is 14.2 Å². The monoisotopic (exact) mass is 1120 g/mol. The number of aromatic nitrogens is 5. The second kappa shape index (κ2) is 22.3. The first-order valence-corrected chi connectivity index (χ1v) is 24.0. The molecule has 0 bridgehead atoms. The second-order valence-electron chi connectivity index (χ2n) is 17.1. The molecule has 21 heteroatoms. The number of benzene rings is 4. The van der Waals surface area contributed by atoms with Crippen molar-refractivity contribution in [2.24, 2.45) is 5.16 Å². The van der Waals surface area contributed by atoms with E-state index in [1.165, 1.54) is 23.0 Å². The summed E-state index contributed by atoms with van der Waals surface area (Å²) in [6, 6.07) is 37.8. The molecule has 3 amide bonds. The number of amides is 3. The molecule has 2 atom stereocenters. The first kappa shape index (κ1) is 50.9. The van der Waals surface area contributed by atoms with Crippen molar-refractivity contribution in [3.8, 4) is 17.2 Å². The largest absolute Gasteiger partial charge is 1.00 e. The number of oxime groups is 1. The van der Waals surface area contributed by atoms with Gasteiger partial charge in [0.05, 0.1) is 12.7 Å². The SMILES string of the molecule is COc1ccc(COC(=O)C2=C(C[n+]3ccc(-c4ncno4)cc3)CS[C@H]3[C@H](NC(=O)C(=NOC(c4ccccc4)(c4ccccc4)c4ccccc4)c4nsc(NC(=O)OC(C)(C)C)n4)C(=O)N23)cc1.[I-]. The van der Waals surface area contributed by atoms with Crippen molar-refractivity contribution in [1.29, 1.82) is 0 Å². The number of rotatable bonds is 16. The van der Waals surface area contributed by atoms with Crippen LogP contribution in [0, 0.1) is 0 Å². The molecule has 2 aliphatic rings. The van der Waals surface area contributed by atoms with E-state index >= 15 is 0 Å². The summed E-state index contributed by atoms with van der Waals surface area (Å²) in [7, 11) is 1.56. The molecule has 0 spiro atoms. The number of hydrogen-bond acceptors (Lipinski definition) is 16. The predicted octanol–water partition coefficient (Wildman–Crippen LogP) is 4.05. The predicted molar refractivity (Wildman–Crippen MR) is 261 cm³/mol. The number of carbonyl (C=O) groups is 4. The summed E-state index contributed by atoms with van der Waals surface area (Å²) >= 11 is 2.16. The van der Waals surface area contributed by atoms with Gasteiger partial charge in [0.1, 0.15) is 35.1 Å². The van der Waals surface area contributed by atoms with Crippen LogP contribution in [0.15, 0.2) is 167 Å². The lowest BCUT2D eigenvalue weighted by Crippen LogP contribution is -3.00. The van der Waals surface area contributed by atoms with Gasteiger partial charge in [-0.15, -0.1) is 11.8 Å². The third-order valence-corrected chi connectivity index (χ3v) is 13.2. The molecule has 2 aliphatic heterocycles. The van der Waals surface area contributed by atoms with Crippen molar-refractivity contribution in [3.63, 3.8) is 0 Å². The van der Waals surface area contributed by atoms with Crippen molar-refractivity contribution < 1.29 is 71.3 Å². The zero-order valence-corrected chi connectivity index (χ0v) is 42.9. The molecule has 3 aromatic heterocycles. The van der Waals surface area contributed by atoms with Gasteiger partial charge < -0.3 is 52.9 Å². The lowest BCUT2D eigenvalue weighted by molar-refractivity contribution is -0.689. The number of ether oxygens (including phenoxy) is 3. The molecule has 0 radical (unpaired) electrons. The average molecular weight is 1120 g/mol. The standard InChI is InChI=1S/C51H45N9O9S2.HI/c1-50(2,3)67-49(64)56-48-55-42(58-71-48)39(57-69-51(35-14-8-5-9-15-35,36-16-10-6-11-17-36)37-18-12-7-13-19-37)43(61)54-40-45(62)60-41(47(63)66-29-32-20-22-38(65-4)23-21-32)34(30-70-46(40)60)28-59-26-24-33(25-27-59)44-52-31-53-68-44;/h5-27,31,40,46H,28-30H2,1-4H3,(H-,54,55,56,58,61,64);1H/t40-,46+;/m1./s1. The molecule has 0 saturated carbocycles. The summed E-state index contributed by atoms with van der Waals surface area (Å²) in [6.07, 6.45) is 4.14. The Kier molecular flexibility index (Phi) is 15.7. The molecule has 2 N–H and O–H groups in total. The smallest absolute Gasteiger partial charge is 0.414 e. The van der Waals surface area contributed by atoms with Gasteiger partial charge in [0.15, 0.2) is 25.3 Å². The van der Waals surface area contributed by atoms with Gasteiger partial charge in [0.2, 0.25) is 22.3 Å². The molecule has 72 heavy (non-hydrogen) atoms. The molecule has 0 aliphatic carbocycles. The third-order valence-electron chi connectivity index (χ3n) is 11.2. The van der Waals surface area contributed by atoms with Gasteiger partial charge in [-0.05, 0) is 38.5 Å². The minimum Gasteiger partial charge on any atom is -1.00 e. The molecule has 7 aromatic rings. The normalized spacial score (nSPS) is 15.6. The maximum Gasteiger partial charge on any atom is 0.414 e. The van der Waals surface area contributed by atoms with E-state index < -0.39 is 52.2 Å². The van der Waals surface area contributed by atoms with Crippen LogP contribution in [-0.4, -0.2) is 83.9 Å². The van der Waals surface area contributed by atoms with Gasteiger partial charge in [-0.1, -0.05) is 113 Å². The molecule has 368 valence electrons. The Morgan fingerprint density at radius 2 is 1.50 bits per heavy atom. The number of fused-ring (bicyclic) bond motifs is 1. The summed E-state index contributed by atoms with van der Waals surface area (Å²) in [4.78, 5) is 73.0. The van der Waals surface area contributed by atoms with Gasteiger partial charge in [-0.2, -0.15) is 14.3 Å². The highest BCUT2D eigenvalue weighted by Gasteiger charge is 2.55. The summed E-state index contributed by atoms with van der Waals surface area (Å²) in [5.41, 5.74) is 1.55. The lowest BCUT2D eigenvalue weighted by Gasteiger charge is -2.49. The fourth-order valence-electron chi connectivity index (χ4n) is 7.90. The molecular weight excluding hydrogens is 1070 g/mol. The molecule has 1 saturated heterocycles. The Morgan fingerprint density at radius 3 is 2.07 bits per heavy atom. The van der Waals surface area contributed by atoms with Gasteiger partial charge in [0.25, 0.3) is 17.7 Å². The number of anilines is 1. The van der Waals surface area contributed by atoms with Crippen LogP contribution in [-0.2, 0) is 47.4 Å². The Balaban J connectivity index is 0.00000693. The van der Waals surface area contributed by atoms with E-state index in [2.05, 4.69) is 35.3 Å². The lowest BCUT2D eigenvalue weighted by atomic mass is 9.80. The maximum absolute atomic E-state index is 14.8. The average Bonchev–Trinajstić information content (AvgIpc) is 4.10. The van der Waals surface area contributed by atoms with E-state index in [4.69, 9.17) is 23.6 Å². The Labute approximate surface area is 439 Å². The Hall–Kier alpha value is -7.50. The number of nitrogens with zero attached hydrogens (tertiary/aromatic N) is 7. The van der Waals surface area contributed by atoms with Crippen molar-refractivity contribution in [1.82, 2.24) is 29.7 Å². The molecule has 0 unspecified atom stereocenters. The van der Waals surface area contributed by atoms with Crippen LogP contribution in [0.4, 0.5) is 9.93 Å². The molecule has 5 heterocycles. The van der Waals surface area contributed by atoms with E-state index in [-0.39, 0.29) is 53.8 Å². The maximum atomic E-state index is 14.8. The summed E-state index contributed by atoms with van der Waals surface area (Å²) in [6.45, 7) is 5.32. The number of esters is 1. The molecular formula is C51H46IN9O9S2. The number of nitrogens with one attached hydrogen (secondary N) is 2. The van der Waals surface area contributed by atoms with E-state index in [1.807, 2.05) is 95.6 Å². The first-order valence-electron chi connectivity index (χ1n) is 22.2. The van der Waals surface area contributed by atoms with Crippen LogP contribution in [0.2, 0.25) is 0 Å². The Bertz CT molecular complexity index is 2990. The van der Waals surface area contributed by atoms with Gasteiger partial charge in [-0.3, -0.25) is 19.8 Å². The number of pyridine rings is 1. The van der Waals surface area contributed by atoms with Crippen LogP contribution in [0.25, 0.3) is 11.5 Å². The third kappa shape index (κ3) is 11.2. The van der Waals surface area contributed by atoms with E-state index in [0.29, 0.717) is 50.8 Å².